The van der Waals surface area contributed by atoms with Gasteiger partial charge >= 0.3 is 11.7 Å². The second-order valence-corrected chi connectivity index (χ2v) is 6.35. The number of para-hydroxylation sites is 2. The zero-order chi connectivity index (χ0) is 19.4. The number of hydrogen-bond acceptors (Lipinski definition) is 6. The summed E-state index contributed by atoms with van der Waals surface area (Å²) in [5, 5.41) is 10.9. The number of benzene rings is 2. The van der Waals surface area contributed by atoms with Gasteiger partial charge in [0.05, 0.1) is 4.92 Å². The van der Waals surface area contributed by atoms with Gasteiger partial charge < -0.3 is 9.47 Å². The summed E-state index contributed by atoms with van der Waals surface area (Å²) in [5.41, 5.74) is 2.69. The Kier molecular flexibility index (Phi) is 5.49. The molecule has 0 radical (unpaired) electrons. The Hall–Kier alpha value is -3.22. The average molecular weight is 369 g/mol. The molecule has 3 rings (SSSR count). The van der Waals surface area contributed by atoms with Gasteiger partial charge in [-0.25, -0.2) is 4.79 Å². The predicted octanol–water partition coefficient (Wildman–Crippen LogP) is 3.28. The SMILES string of the molecule is CC(OC(=O)COc1ccccc1[N+](=O)[O-])C(=O)c1ccc2c(c1)CCC2. The molecule has 0 fully saturated rings. The third-order valence-electron chi connectivity index (χ3n) is 4.47. The van der Waals surface area contributed by atoms with Crippen molar-refractivity contribution >= 4 is 17.4 Å². The van der Waals surface area contributed by atoms with Crippen molar-refractivity contribution in [1.82, 2.24) is 0 Å². The lowest BCUT2D eigenvalue weighted by Gasteiger charge is -2.13. The summed E-state index contributed by atoms with van der Waals surface area (Å²) in [6.45, 7) is 0.977. The highest BCUT2D eigenvalue weighted by atomic mass is 16.6. The van der Waals surface area contributed by atoms with E-state index in [1.165, 1.54) is 36.2 Å². The molecule has 0 bridgehead atoms. The van der Waals surface area contributed by atoms with Gasteiger partial charge in [0.15, 0.2) is 18.5 Å². The molecule has 0 aliphatic heterocycles. The normalized spacial score (nSPS) is 13.5. The van der Waals surface area contributed by atoms with Crippen molar-refractivity contribution in [3.8, 4) is 5.75 Å². The minimum Gasteiger partial charge on any atom is -0.475 e. The number of nitrogens with zero attached hydrogens (tertiary/aromatic N) is 1. The number of Topliss-reactive ketones (excluding diaryl/α,β-unsaturated/α-hetero) is 1. The fourth-order valence-corrected chi connectivity index (χ4v) is 3.11. The number of esters is 1. The van der Waals surface area contributed by atoms with E-state index >= 15 is 0 Å². The van der Waals surface area contributed by atoms with Crippen LogP contribution in [0.4, 0.5) is 5.69 Å². The molecule has 0 saturated heterocycles. The molecule has 1 aliphatic rings. The first-order valence-corrected chi connectivity index (χ1v) is 8.67. The minimum atomic E-state index is -0.966. The number of rotatable bonds is 7. The summed E-state index contributed by atoms with van der Waals surface area (Å²) in [6.07, 6.45) is 2.10. The van der Waals surface area contributed by atoms with Crippen LogP contribution < -0.4 is 4.74 Å². The topological polar surface area (TPSA) is 95.7 Å². The first-order chi connectivity index (χ1) is 13.0. The Morgan fingerprint density at radius 3 is 2.67 bits per heavy atom. The molecule has 0 saturated carbocycles. The lowest BCUT2D eigenvalue weighted by atomic mass is 10.0. The second-order valence-electron chi connectivity index (χ2n) is 6.35. The quantitative estimate of drug-likeness (QED) is 0.322. The number of carbonyl (C=O) groups is 2. The number of carbonyl (C=O) groups excluding carboxylic acids is 2. The molecule has 0 spiro atoms. The Bertz CT molecular complexity index is 892. The first kappa shape index (κ1) is 18.6. The zero-order valence-corrected chi connectivity index (χ0v) is 14.8. The summed E-state index contributed by atoms with van der Waals surface area (Å²) in [6, 6.07) is 11.3. The number of hydrogen-bond donors (Lipinski definition) is 0. The van der Waals surface area contributed by atoms with E-state index in [4.69, 9.17) is 9.47 Å². The molecule has 7 heteroatoms. The minimum absolute atomic E-state index is 0.0305. The highest BCUT2D eigenvalue weighted by Crippen LogP contribution is 2.26. The lowest BCUT2D eigenvalue weighted by molar-refractivity contribution is -0.385. The van der Waals surface area contributed by atoms with E-state index in [0.29, 0.717) is 5.56 Å². The maximum absolute atomic E-state index is 12.5. The number of aryl methyl sites for hydroxylation is 2. The van der Waals surface area contributed by atoms with Crippen LogP contribution in [0.15, 0.2) is 42.5 Å². The molecule has 0 amide bonds. The third kappa shape index (κ3) is 4.31. The van der Waals surface area contributed by atoms with Crippen LogP contribution in [0.3, 0.4) is 0 Å². The second kappa shape index (κ2) is 7.99. The molecule has 0 aromatic heterocycles. The molecule has 1 atom stereocenters. The highest BCUT2D eigenvalue weighted by molar-refractivity contribution is 6.00. The fraction of sp³-hybridized carbons (Fsp3) is 0.300. The molecule has 2 aromatic rings. The standard InChI is InChI=1S/C20H19NO6/c1-13(20(23)16-10-9-14-5-4-6-15(14)11-16)27-19(22)12-26-18-8-3-2-7-17(18)21(24)25/h2-3,7-11,13H,4-6,12H2,1H3. The Morgan fingerprint density at radius 2 is 1.89 bits per heavy atom. The van der Waals surface area contributed by atoms with Crippen LogP contribution in [0.2, 0.25) is 0 Å². The van der Waals surface area contributed by atoms with Gasteiger partial charge in [-0.15, -0.1) is 0 Å². The van der Waals surface area contributed by atoms with E-state index in [1.54, 1.807) is 12.1 Å². The third-order valence-corrected chi connectivity index (χ3v) is 4.47. The van der Waals surface area contributed by atoms with E-state index in [0.717, 1.165) is 19.3 Å². The number of fused-ring (bicyclic) bond motifs is 1. The number of ether oxygens (including phenoxy) is 2. The van der Waals surface area contributed by atoms with E-state index in [1.807, 2.05) is 12.1 Å². The van der Waals surface area contributed by atoms with Crippen LogP contribution in [-0.4, -0.2) is 29.4 Å². The van der Waals surface area contributed by atoms with Crippen LogP contribution in [0.1, 0.15) is 34.8 Å². The molecule has 2 aromatic carbocycles. The van der Waals surface area contributed by atoms with Crippen molar-refractivity contribution in [2.45, 2.75) is 32.3 Å². The highest BCUT2D eigenvalue weighted by Gasteiger charge is 2.22. The summed E-state index contributed by atoms with van der Waals surface area (Å²) in [7, 11) is 0. The molecule has 1 unspecified atom stereocenters. The summed E-state index contributed by atoms with van der Waals surface area (Å²) < 4.78 is 10.3. The van der Waals surface area contributed by atoms with E-state index in [2.05, 4.69) is 0 Å². The van der Waals surface area contributed by atoms with Gasteiger partial charge in [0, 0.05) is 11.6 Å². The van der Waals surface area contributed by atoms with Crippen molar-refractivity contribution in [1.29, 1.82) is 0 Å². The molecule has 0 heterocycles. The molecular formula is C20H19NO6. The van der Waals surface area contributed by atoms with Gasteiger partial charge in [0.2, 0.25) is 5.78 Å². The average Bonchev–Trinajstić information content (AvgIpc) is 3.13. The first-order valence-electron chi connectivity index (χ1n) is 8.67. The molecule has 0 N–H and O–H groups in total. The van der Waals surface area contributed by atoms with E-state index in [9.17, 15) is 19.7 Å². The molecule has 140 valence electrons. The number of nitro groups is 1. The Labute approximate surface area is 156 Å². The van der Waals surface area contributed by atoms with Gasteiger partial charge in [0.25, 0.3) is 0 Å². The molecule has 7 nitrogen and oxygen atoms in total. The van der Waals surface area contributed by atoms with Crippen molar-refractivity contribution in [2.24, 2.45) is 0 Å². The number of nitro benzene ring substituents is 1. The van der Waals surface area contributed by atoms with Crippen LogP contribution >= 0.6 is 0 Å². The van der Waals surface area contributed by atoms with Gasteiger partial charge in [-0.05, 0) is 49.4 Å². The van der Waals surface area contributed by atoms with Gasteiger partial charge in [0.1, 0.15) is 0 Å². The number of ketones is 1. The monoisotopic (exact) mass is 369 g/mol. The Balaban J connectivity index is 1.58. The molecule has 1 aliphatic carbocycles. The van der Waals surface area contributed by atoms with Crippen molar-refractivity contribution in [2.75, 3.05) is 6.61 Å². The maximum Gasteiger partial charge on any atom is 0.344 e. The lowest BCUT2D eigenvalue weighted by Crippen LogP contribution is -2.27. The van der Waals surface area contributed by atoms with Crippen molar-refractivity contribution in [3.63, 3.8) is 0 Å². The molecular weight excluding hydrogens is 350 g/mol. The summed E-state index contributed by atoms with van der Waals surface area (Å²) in [4.78, 5) is 34.8. The zero-order valence-electron chi connectivity index (χ0n) is 14.8. The van der Waals surface area contributed by atoms with E-state index < -0.39 is 23.6 Å². The molecule has 27 heavy (non-hydrogen) atoms. The summed E-state index contributed by atoms with van der Waals surface area (Å²) in [5.74, 6) is -1.09. The maximum atomic E-state index is 12.5. The Morgan fingerprint density at radius 1 is 1.15 bits per heavy atom. The van der Waals surface area contributed by atoms with Gasteiger partial charge in [-0.2, -0.15) is 0 Å². The van der Waals surface area contributed by atoms with Crippen molar-refractivity contribution in [3.05, 3.63) is 69.3 Å². The summed E-state index contributed by atoms with van der Waals surface area (Å²) >= 11 is 0. The predicted molar refractivity (Wildman–Crippen MR) is 96.9 cm³/mol. The largest absolute Gasteiger partial charge is 0.475 e. The van der Waals surface area contributed by atoms with Crippen LogP contribution in [-0.2, 0) is 22.4 Å². The van der Waals surface area contributed by atoms with Gasteiger partial charge in [-0.1, -0.05) is 24.3 Å². The van der Waals surface area contributed by atoms with Crippen LogP contribution in [0, 0.1) is 10.1 Å². The van der Waals surface area contributed by atoms with Gasteiger partial charge in [-0.3, -0.25) is 14.9 Å². The van der Waals surface area contributed by atoms with Crippen LogP contribution in [0.5, 0.6) is 5.75 Å². The van der Waals surface area contributed by atoms with E-state index in [-0.39, 0.29) is 17.2 Å². The smallest absolute Gasteiger partial charge is 0.344 e. The van der Waals surface area contributed by atoms with Crippen LogP contribution in [0.25, 0.3) is 0 Å². The fourth-order valence-electron chi connectivity index (χ4n) is 3.11. The van der Waals surface area contributed by atoms with Crippen molar-refractivity contribution < 1.29 is 24.0 Å².